The third kappa shape index (κ3) is 6.69. The fraction of sp³-hybridized carbons (Fsp3) is 0.318. The van der Waals surface area contributed by atoms with Crippen molar-refractivity contribution in [3.8, 4) is 5.75 Å². The Bertz CT molecular complexity index is 1170. The molecule has 0 bridgehead atoms. The van der Waals surface area contributed by atoms with Gasteiger partial charge in [-0.2, -0.15) is 0 Å². The van der Waals surface area contributed by atoms with E-state index in [4.69, 9.17) is 21.1 Å². The van der Waals surface area contributed by atoms with E-state index in [1.807, 2.05) is 0 Å². The number of rotatable bonds is 10. The Morgan fingerprint density at radius 2 is 1.91 bits per heavy atom. The topological polar surface area (TPSA) is 123 Å². The number of benzene rings is 2. The molecule has 0 radical (unpaired) electrons. The highest BCUT2D eigenvalue weighted by Gasteiger charge is 2.29. The van der Waals surface area contributed by atoms with Crippen LogP contribution in [0.4, 0.5) is 5.69 Å². The van der Waals surface area contributed by atoms with Crippen molar-refractivity contribution in [2.75, 3.05) is 25.6 Å². The van der Waals surface area contributed by atoms with Crippen molar-refractivity contribution in [2.24, 2.45) is 4.99 Å². The second-order valence-corrected chi connectivity index (χ2v) is 9.28. The number of amidine groups is 1. The molecule has 1 amide bonds. The molecule has 1 aliphatic rings. The van der Waals surface area contributed by atoms with E-state index in [1.165, 1.54) is 13.2 Å². The quantitative estimate of drug-likeness (QED) is 0.387. The zero-order valence-corrected chi connectivity index (χ0v) is 19.5. The van der Waals surface area contributed by atoms with Crippen molar-refractivity contribution < 1.29 is 27.5 Å². The zero-order valence-electron chi connectivity index (χ0n) is 18.0. The molecule has 0 aromatic heterocycles. The molecule has 0 saturated heterocycles. The number of carbonyl (C=O) groups is 2. The Balaban J connectivity index is 1.34. The number of amides is 1. The maximum absolute atomic E-state index is 12.0. The summed E-state index contributed by atoms with van der Waals surface area (Å²) in [5.41, 5.74) is 0.953. The van der Waals surface area contributed by atoms with Crippen LogP contribution in [0, 0.1) is 0 Å². The van der Waals surface area contributed by atoms with Gasteiger partial charge in [-0.05, 0) is 43.2 Å². The van der Waals surface area contributed by atoms with Crippen LogP contribution in [0.2, 0.25) is 5.02 Å². The standard InChI is InChI=1S/C22H24ClN3O6S/c1-31-18-11-10-15(23)13-17(18)25-20(27)14-32-21(28)9-3-2-6-12-24-22-16-7-4-5-8-19(16)33(29,30)26-22/h4-5,7-8,10-11,13H,2-3,6,9,12,14H2,1H3,(H,24,26)(H,25,27). The summed E-state index contributed by atoms with van der Waals surface area (Å²) in [6.07, 6.45) is 2.11. The average molecular weight is 494 g/mol. The first-order valence-corrected chi connectivity index (χ1v) is 12.1. The zero-order chi connectivity index (χ0) is 23.8. The molecule has 0 spiro atoms. The number of ether oxygens (including phenoxy) is 2. The molecule has 0 aliphatic carbocycles. The van der Waals surface area contributed by atoms with Gasteiger partial charge in [0, 0.05) is 23.6 Å². The van der Waals surface area contributed by atoms with Crippen LogP contribution in [0.3, 0.4) is 0 Å². The summed E-state index contributed by atoms with van der Waals surface area (Å²) in [5.74, 6) is -0.199. The summed E-state index contributed by atoms with van der Waals surface area (Å²) >= 11 is 5.92. The van der Waals surface area contributed by atoms with E-state index in [0.717, 1.165) is 0 Å². The maximum Gasteiger partial charge on any atom is 0.306 e. The molecule has 176 valence electrons. The highest BCUT2D eigenvalue weighted by atomic mass is 35.5. The van der Waals surface area contributed by atoms with Gasteiger partial charge in [-0.25, -0.2) is 8.42 Å². The normalized spacial score (nSPS) is 14.9. The second-order valence-electron chi connectivity index (χ2n) is 7.20. The van der Waals surface area contributed by atoms with E-state index in [1.54, 1.807) is 36.4 Å². The van der Waals surface area contributed by atoms with Gasteiger partial charge in [0.15, 0.2) is 6.61 Å². The fourth-order valence-electron chi connectivity index (χ4n) is 3.18. The Morgan fingerprint density at radius 3 is 2.70 bits per heavy atom. The lowest BCUT2D eigenvalue weighted by atomic mass is 10.2. The predicted octanol–water partition coefficient (Wildman–Crippen LogP) is 3.13. The Hall–Kier alpha value is -3.11. The van der Waals surface area contributed by atoms with Gasteiger partial charge in [0.25, 0.3) is 15.9 Å². The van der Waals surface area contributed by atoms with E-state index in [9.17, 15) is 18.0 Å². The minimum Gasteiger partial charge on any atom is -0.495 e. The second kappa shape index (κ2) is 11.2. The number of nitrogens with one attached hydrogen (secondary N) is 2. The molecule has 9 nitrogen and oxygen atoms in total. The molecule has 2 aromatic rings. The molecule has 0 fully saturated rings. The highest BCUT2D eigenvalue weighted by Crippen LogP contribution is 2.27. The Morgan fingerprint density at radius 1 is 1.12 bits per heavy atom. The lowest BCUT2D eigenvalue weighted by Gasteiger charge is -2.10. The molecule has 2 aromatic carbocycles. The number of hydrogen-bond acceptors (Lipinski definition) is 7. The van der Waals surface area contributed by atoms with Crippen LogP contribution in [-0.4, -0.2) is 46.4 Å². The number of unbranched alkanes of at least 4 members (excludes halogenated alkanes) is 2. The van der Waals surface area contributed by atoms with E-state index in [0.29, 0.717) is 53.7 Å². The van der Waals surface area contributed by atoms with Gasteiger partial charge in [0.2, 0.25) is 0 Å². The monoisotopic (exact) mass is 493 g/mol. The first-order chi connectivity index (χ1) is 15.8. The third-order valence-electron chi connectivity index (χ3n) is 4.77. The SMILES string of the molecule is COc1ccc(Cl)cc1NC(=O)COC(=O)CCCCCN=C1NS(=O)(=O)c2ccccc21. The predicted molar refractivity (Wildman–Crippen MR) is 124 cm³/mol. The van der Waals surface area contributed by atoms with Crippen molar-refractivity contribution >= 4 is 45.0 Å². The number of methoxy groups -OCH3 is 1. The van der Waals surface area contributed by atoms with Gasteiger partial charge in [0.1, 0.15) is 11.6 Å². The molecule has 0 unspecified atom stereocenters. The van der Waals surface area contributed by atoms with E-state index in [-0.39, 0.29) is 11.3 Å². The number of carbonyl (C=O) groups excluding carboxylic acids is 2. The summed E-state index contributed by atoms with van der Waals surface area (Å²) in [6.45, 7) is 0.00676. The Labute approximate surface area is 197 Å². The summed E-state index contributed by atoms with van der Waals surface area (Å²) in [6, 6.07) is 11.5. The molecule has 0 saturated carbocycles. The van der Waals surface area contributed by atoms with Gasteiger partial charge in [-0.15, -0.1) is 0 Å². The largest absolute Gasteiger partial charge is 0.495 e. The van der Waals surface area contributed by atoms with E-state index in [2.05, 4.69) is 15.0 Å². The molecular formula is C22H24ClN3O6S. The van der Waals surface area contributed by atoms with Gasteiger partial charge in [-0.3, -0.25) is 19.3 Å². The molecule has 0 atom stereocenters. The minimum absolute atomic E-state index is 0.166. The van der Waals surface area contributed by atoms with E-state index < -0.39 is 28.5 Å². The van der Waals surface area contributed by atoms with Gasteiger partial charge in [-0.1, -0.05) is 30.2 Å². The minimum atomic E-state index is -3.54. The summed E-state index contributed by atoms with van der Waals surface area (Å²) in [4.78, 5) is 28.5. The van der Waals surface area contributed by atoms with Crippen molar-refractivity contribution in [1.29, 1.82) is 0 Å². The van der Waals surface area contributed by atoms with Gasteiger partial charge < -0.3 is 14.8 Å². The number of esters is 1. The van der Waals surface area contributed by atoms with Crippen LogP contribution in [0.5, 0.6) is 5.75 Å². The van der Waals surface area contributed by atoms with Crippen LogP contribution >= 0.6 is 11.6 Å². The average Bonchev–Trinajstić information content (AvgIpc) is 3.05. The highest BCUT2D eigenvalue weighted by molar-refractivity contribution is 7.90. The number of sulfonamides is 1. The molecule has 1 heterocycles. The molecule has 1 aliphatic heterocycles. The van der Waals surface area contributed by atoms with Gasteiger partial charge in [0.05, 0.1) is 17.7 Å². The molecular weight excluding hydrogens is 470 g/mol. The molecule has 2 N–H and O–H groups in total. The third-order valence-corrected chi connectivity index (χ3v) is 6.40. The van der Waals surface area contributed by atoms with Crippen molar-refractivity contribution in [3.63, 3.8) is 0 Å². The van der Waals surface area contributed by atoms with Crippen molar-refractivity contribution in [1.82, 2.24) is 4.72 Å². The smallest absolute Gasteiger partial charge is 0.306 e. The lowest BCUT2D eigenvalue weighted by molar-refractivity contribution is -0.147. The maximum atomic E-state index is 12.0. The van der Waals surface area contributed by atoms with Crippen molar-refractivity contribution in [2.45, 2.75) is 30.6 Å². The number of anilines is 1. The van der Waals surface area contributed by atoms with Crippen LogP contribution in [-0.2, 0) is 24.3 Å². The van der Waals surface area contributed by atoms with Crippen LogP contribution in [0.15, 0.2) is 52.4 Å². The Kier molecular flexibility index (Phi) is 8.29. The first-order valence-electron chi connectivity index (χ1n) is 10.3. The molecule has 11 heteroatoms. The molecule has 3 rings (SSSR count). The fourth-order valence-corrected chi connectivity index (χ4v) is 4.61. The number of halogens is 1. The van der Waals surface area contributed by atoms with E-state index >= 15 is 0 Å². The number of fused-ring (bicyclic) bond motifs is 1. The molecule has 33 heavy (non-hydrogen) atoms. The van der Waals surface area contributed by atoms with Crippen LogP contribution in [0.25, 0.3) is 0 Å². The number of nitrogens with zero attached hydrogens (tertiary/aromatic N) is 1. The summed E-state index contributed by atoms with van der Waals surface area (Å²) in [5, 5.41) is 3.03. The first kappa shape index (κ1) is 24.5. The van der Waals surface area contributed by atoms with Crippen LogP contribution in [0.1, 0.15) is 31.2 Å². The summed E-state index contributed by atoms with van der Waals surface area (Å²) < 4.78 is 36.7. The van der Waals surface area contributed by atoms with Gasteiger partial charge >= 0.3 is 5.97 Å². The van der Waals surface area contributed by atoms with Crippen LogP contribution < -0.4 is 14.8 Å². The van der Waals surface area contributed by atoms with Crippen molar-refractivity contribution in [3.05, 3.63) is 53.1 Å². The number of aliphatic imine (C=N–C) groups is 1. The number of hydrogen-bond donors (Lipinski definition) is 2. The lowest BCUT2D eigenvalue weighted by Crippen LogP contribution is -2.22. The summed E-state index contributed by atoms with van der Waals surface area (Å²) in [7, 11) is -2.07.